The fraction of sp³-hybridized carbons (Fsp3) is 0.200. The third-order valence-electron chi connectivity index (χ3n) is 2.81. The third kappa shape index (κ3) is 3.63. The van der Waals surface area contributed by atoms with E-state index in [-0.39, 0.29) is 6.61 Å². The van der Waals surface area contributed by atoms with Crippen LogP contribution in [0.4, 0.5) is 4.39 Å². The molecule has 2 aromatic rings. The highest BCUT2D eigenvalue weighted by atomic mass is 35.5. The molecule has 2 nitrogen and oxygen atoms in total. The number of ether oxygens (including phenoxy) is 1. The van der Waals surface area contributed by atoms with Gasteiger partial charge in [-0.3, -0.25) is 0 Å². The molecule has 0 unspecified atom stereocenters. The van der Waals surface area contributed by atoms with Crippen molar-refractivity contribution < 1.29 is 14.2 Å². The van der Waals surface area contributed by atoms with Crippen molar-refractivity contribution in [1.82, 2.24) is 0 Å². The van der Waals surface area contributed by atoms with Gasteiger partial charge in [-0.05, 0) is 43.3 Å². The van der Waals surface area contributed by atoms with Gasteiger partial charge in [0.15, 0.2) is 0 Å². The Labute approximate surface area is 126 Å². The van der Waals surface area contributed by atoms with E-state index in [1.165, 1.54) is 18.2 Å². The molecule has 0 aliphatic rings. The monoisotopic (exact) mass is 314 g/mol. The van der Waals surface area contributed by atoms with Gasteiger partial charge in [-0.15, -0.1) is 0 Å². The lowest BCUT2D eigenvalue weighted by Gasteiger charge is -2.14. The SMILES string of the molecule is C[C@H](O)c1cc(F)ccc1OCc1cc(Cl)ccc1Cl. The summed E-state index contributed by atoms with van der Waals surface area (Å²) in [6.07, 6.45) is -0.824. The van der Waals surface area contributed by atoms with Crippen LogP contribution in [0.2, 0.25) is 10.0 Å². The summed E-state index contributed by atoms with van der Waals surface area (Å²) in [6, 6.07) is 9.08. The van der Waals surface area contributed by atoms with E-state index < -0.39 is 11.9 Å². The van der Waals surface area contributed by atoms with Gasteiger partial charge in [-0.1, -0.05) is 23.2 Å². The zero-order valence-electron chi connectivity index (χ0n) is 10.7. The molecule has 5 heteroatoms. The smallest absolute Gasteiger partial charge is 0.125 e. The Morgan fingerprint density at radius 3 is 2.65 bits per heavy atom. The van der Waals surface area contributed by atoms with E-state index in [2.05, 4.69) is 0 Å². The van der Waals surface area contributed by atoms with Crippen LogP contribution in [0, 0.1) is 5.82 Å². The van der Waals surface area contributed by atoms with Gasteiger partial charge in [0.25, 0.3) is 0 Å². The summed E-state index contributed by atoms with van der Waals surface area (Å²) >= 11 is 11.9. The van der Waals surface area contributed by atoms with Gasteiger partial charge in [-0.25, -0.2) is 4.39 Å². The van der Waals surface area contributed by atoms with Crippen LogP contribution >= 0.6 is 23.2 Å². The minimum Gasteiger partial charge on any atom is -0.488 e. The van der Waals surface area contributed by atoms with Crippen molar-refractivity contribution in [2.75, 3.05) is 0 Å². The molecule has 0 aliphatic heterocycles. The number of hydrogen-bond acceptors (Lipinski definition) is 2. The van der Waals surface area contributed by atoms with E-state index in [0.717, 1.165) is 5.56 Å². The van der Waals surface area contributed by atoms with E-state index in [1.54, 1.807) is 25.1 Å². The second-order valence-corrected chi connectivity index (χ2v) is 5.23. The molecule has 0 saturated carbocycles. The first kappa shape index (κ1) is 15.1. The Balaban J connectivity index is 2.20. The summed E-state index contributed by atoms with van der Waals surface area (Å²) in [5.74, 6) is -0.00789. The second kappa shape index (κ2) is 6.44. The first-order valence-electron chi connectivity index (χ1n) is 6.01. The molecule has 106 valence electrons. The van der Waals surface area contributed by atoms with Crippen molar-refractivity contribution in [2.45, 2.75) is 19.6 Å². The number of rotatable bonds is 4. The van der Waals surface area contributed by atoms with Gasteiger partial charge < -0.3 is 9.84 Å². The highest BCUT2D eigenvalue weighted by Gasteiger charge is 2.11. The van der Waals surface area contributed by atoms with Crippen molar-refractivity contribution in [2.24, 2.45) is 0 Å². The van der Waals surface area contributed by atoms with E-state index in [9.17, 15) is 9.50 Å². The molecular formula is C15H13Cl2FO2. The van der Waals surface area contributed by atoms with Crippen molar-refractivity contribution in [3.8, 4) is 5.75 Å². The van der Waals surface area contributed by atoms with Gasteiger partial charge in [0.1, 0.15) is 18.2 Å². The molecular weight excluding hydrogens is 302 g/mol. The van der Waals surface area contributed by atoms with Crippen molar-refractivity contribution in [3.63, 3.8) is 0 Å². The Morgan fingerprint density at radius 1 is 1.20 bits per heavy atom. The molecule has 0 aliphatic carbocycles. The molecule has 2 rings (SSSR count). The number of halogens is 3. The van der Waals surface area contributed by atoms with Gasteiger partial charge >= 0.3 is 0 Å². The summed E-state index contributed by atoms with van der Waals surface area (Å²) in [5.41, 5.74) is 1.11. The molecule has 0 amide bonds. The minimum absolute atomic E-state index is 0.185. The van der Waals surface area contributed by atoms with Crippen molar-refractivity contribution in [3.05, 3.63) is 63.4 Å². The normalized spacial score (nSPS) is 12.2. The quantitative estimate of drug-likeness (QED) is 0.881. The average molecular weight is 315 g/mol. The summed E-state index contributed by atoms with van der Waals surface area (Å²) < 4.78 is 18.8. The Morgan fingerprint density at radius 2 is 1.95 bits per heavy atom. The van der Waals surface area contributed by atoms with Crippen LogP contribution in [0.25, 0.3) is 0 Å². The maximum Gasteiger partial charge on any atom is 0.125 e. The van der Waals surface area contributed by atoms with Crippen molar-refractivity contribution in [1.29, 1.82) is 0 Å². The molecule has 1 N–H and O–H groups in total. The van der Waals surface area contributed by atoms with E-state index in [1.807, 2.05) is 0 Å². The summed E-state index contributed by atoms with van der Waals surface area (Å²) in [5, 5.41) is 10.7. The number of aliphatic hydroxyl groups excluding tert-OH is 1. The van der Waals surface area contributed by atoms with E-state index in [0.29, 0.717) is 21.4 Å². The zero-order chi connectivity index (χ0) is 14.7. The van der Waals surface area contributed by atoms with Crippen molar-refractivity contribution >= 4 is 23.2 Å². The minimum atomic E-state index is -0.824. The molecule has 20 heavy (non-hydrogen) atoms. The topological polar surface area (TPSA) is 29.5 Å². The van der Waals surface area contributed by atoms with Gasteiger partial charge in [0.05, 0.1) is 6.10 Å². The number of hydrogen-bond donors (Lipinski definition) is 1. The first-order valence-corrected chi connectivity index (χ1v) is 6.77. The van der Waals surface area contributed by atoms with E-state index in [4.69, 9.17) is 27.9 Å². The largest absolute Gasteiger partial charge is 0.488 e. The predicted molar refractivity (Wildman–Crippen MR) is 77.8 cm³/mol. The maximum atomic E-state index is 13.2. The molecule has 0 spiro atoms. The molecule has 0 fully saturated rings. The van der Waals surface area contributed by atoms with Gasteiger partial charge in [0.2, 0.25) is 0 Å². The van der Waals surface area contributed by atoms with Crippen LogP contribution in [-0.4, -0.2) is 5.11 Å². The lowest BCUT2D eigenvalue weighted by atomic mass is 10.1. The molecule has 2 aromatic carbocycles. The maximum absolute atomic E-state index is 13.2. The van der Waals surface area contributed by atoms with E-state index >= 15 is 0 Å². The van der Waals surface area contributed by atoms with Crippen LogP contribution < -0.4 is 4.74 Å². The number of benzene rings is 2. The number of aliphatic hydroxyl groups is 1. The van der Waals surface area contributed by atoms with Crippen LogP contribution in [0.5, 0.6) is 5.75 Å². The molecule has 0 saturated heterocycles. The van der Waals surface area contributed by atoms with Crippen LogP contribution in [-0.2, 0) is 6.61 Å². The molecule has 0 radical (unpaired) electrons. The Kier molecular flexibility index (Phi) is 4.86. The molecule has 0 heterocycles. The lowest BCUT2D eigenvalue weighted by Crippen LogP contribution is -2.02. The lowest BCUT2D eigenvalue weighted by molar-refractivity contribution is 0.189. The average Bonchev–Trinajstić information content (AvgIpc) is 2.40. The predicted octanol–water partition coefficient (Wildman–Crippen LogP) is 4.76. The third-order valence-corrected chi connectivity index (χ3v) is 3.42. The Bertz CT molecular complexity index is 615. The molecule has 1 atom stereocenters. The molecule has 0 aromatic heterocycles. The highest BCUT2D eigenvalue weighted by Crippen LogP contribution is 2.28. The van der Waals surface area contributed by atoms with Crippen LogP contribution in [0.1, 0.15) is 24.2 Å². The summed E-state index contributed by atoms with van der Waals surface area (Å²) in [7, 11) is 0. The van der Waals surface area contributed by atoms with Crippen LogP contribution in [0.3, 0.4) is 0 Å². The fourth-order valence-electron chi connectivity index (χ4n) is 1.79. The Hall–Kier alpha value is -1.29. The fourth-order valence-corrected chi connectivity index (χ4v) is 2.15. The summed E-state index contributed by atoms with van der Waals surface area (Å²) in [6.45, 7) is 1.73. The van der Waals surface area contributed by atoms with Gasteiger partial charge in [0, 0.05) is 21.2 Å². The second-order valence-electron chi connectivity index (χ2n) is 4.38. The van der Waals surface area contributed by atoms with Crippen LogP contribution in [0.15, 0.2) is 36.4 Å². The summed E-state index contributed by atoms with van der Waals surface area (Å²) in [4.78, 5) is 0. The highest BCUT2D eigenvalue weighted by molar-refractivity contribution is 6.33. The zero-order valence-corrected chi connectivity index (χ0v) is 12.2. The first-order chi connectivity index (χ1) is 9.47. The molecule has 0 bridgehead atoms. The van der Waals surface area contributed by atoms with Gasteiger partial charge in [-0.2, -0.15) is 0 Å². The standard InChI is InChI=1S/C15H13Cl2FO2/c1-9(19)13-7-12(18)3-5-15(13)20-8-10-6-11(16)2-4-14(10)17/h2-7,9,19H,8H2,1H3/t9-/m0/s1.